The van der Waals surface area contributed by atoms with Crippen molar-refractivity contribution in [2.75, 3.05) is 39.3 Å². The van der Waals surface area contributed by atoms with Crippen molar-refractivity contribution in [1.29, 1.82) is 0 Å². The smallest absolute Gasteiger partial charge is 0.289 e. The Morgan fingerprint density at radius 3 is 2.35 bits per heavy atom. The molecule has 0 spiro atoms. The Morgan fingerprint density at radius 1 is 1.13 bits per heavy atom. The molecule has 1 aliphatic carbocycles. The van der Waals surface area contributed by atoms with Gasteiger partial charge in [0.1, 0.15) is 5.82 Å². The second-order valence-electron chi connectivity index (χ2n) is 8.07. The number of carbonyl (C=O) groups is 1. The highest BCUT2D eigenvalue weighted by molar-refractivity contribution is 14.0. The molecule has 0 unspecified atom stereocenters. The first kappa shape index (κ1) is 23.6. The number of aliphatic imine (C=N–C) groups is 1. The molecule has 31 heavy (non-hydrogen) atoms. The molecule has 1 saturated heterocycles. The van der Waals surface area contributed by atoms with Crippen molar-refractivity contribution in [1.82, 2.24) is 15.1 Å². The summed E-state index contributed by atoms with van der Waals surface area (Å²) >= 11 is 0. The molecule has 1 amide bonds. The third-order valence-corrected chi connectivity index (χ3v) is 6.23. The fourth-order valence-corrected chi connectivity index (χ4v) is 4.27. The molecule has 1 aliphatic heterocycles. The van der Waals surface area contributed by atoms with Gasteiger partial charge in [-0.1, -0.05) is 18.6 Å². The zero-order valence-electron chi connectivity index (χ0n) is 17.8. The van der Waals surface area contributed by atoms with Crippen LogP contribution in [0.2, 0.25) is 0 Å². The van der Waals surface area contributed by atoms with Gasteiger partial charge in [0.05, 0.1) is 12.8 Å². The number of nitrogens with one attached hydrogen (secondary N) is 1. The van der Waals surface area contributed by atoms with Crippen LogP contribution in [0.4, 0.5) is 4.39 Å². The lowest BCUT2D eigenvalue weighted by Gasteiger charge is -2.42. The van der Waals surface area contributed by atoms with Crippen molar-refractivity contribution in [3.05, 3.63) is 59.8 Å². The molecule has 2 aliphatic rings. The summed E-state index contributed by atoms with van der Waals surface area (Å²) in [5, 5.41) is 3.40. The largest absolute Gasteiger partial charge is 0.459 e. The third-order valence-electron chi connectivity index (χ3n) is 6.23. The average Bonchev–Trinajstić information content (AvgIpc) is 3.28. The van der Waals surface area contributed by atoms with Gasteiger partial charge in [0.15, 0.2) is 11.7 Å². The summed E-state index contributed by atoms with van der Waals surface area (Å²) in [7, 11) is 0. The topological polar surface area (TPSA) is 61.1 Å². The van der Waals surface area contributed by atoms with E-state index in [2.05, 4.69) is 17.1 Å². The summed E-state index contributed by atoms with van der Waals surface area (Å²) in [6.07, 6.45) is 4.85. The van der Waals surface area contributed by atoms with Gasteiger partial charge < -0.3 is 19.5 Å². The van der Waals surface area contributed by atoms with Crippen LogP contribution >= 0.6 is 24.0 Å². The first-order valence-corrected chi connectivity index (χ1v) is 10.7. The summed E-state index contributed by atoms with van der Waals surface area (Å²) in [5.74, 6) is 1.00. The van der Waals surface area contributed by atoms with Crippen molar-refractivity contribution in [3.8, 4) is 0 Å². The lowest BCUT2D eigenvalue weighted by molar-refractivity contribution is 0.0657. The Labute approximate surface area is 199 Å². The molecule has 0 bridgehead atoms. The van der Waals surface area contributed by atoms with E-state index in [-0.39, 0.29) is 41.1 Å². The second kappa shape index (κ2) is 10.5. The minimum Gasteiger partial charge on any atom is -0.459 e. The number of hydrogen-bond donors (Lipinski definition) is 1. The van der Waals surface area contributed by atoms with Crippen molar-refractivity contribution in [2.45, 2.75) is 31.6 Å². The number of nitrogens with zero attached hydrogens (tertiary/aromatic N) is 3. The number of piperazine rings is 1. The van der Waals surface area contributed by atoms with E-state index < -0.39 is 0 Å². The molecule has 0 atom stereocenters. The minimum atomic E-state index is -0.202. The van der Waals surface area contributed by atoms with Gasteiger partial charge >= 0.3 is 0 Å². The number of amides is 1. The molecule has 168 valence electrons. The molecule has 8 heteroatoms. The molecule has 1 N–H and O–H groups in total. The third kappa shape index (κ3) is 5.22. The van der Waals surface area contributed by atoms with Crippen LogP contribution in [0.1, 0.15) is 42.3 Å². The van der Waals surface area contributed by atoms with Gasteiger partial charge in [-0.05, 0) is 49.6 Å². The lowest BCUT2D eigenvalue weighted by Crippen LogP contribution is -2.54. The van der Waals surface area contributed by atoms with Gasteiger partial charge in [0, 0.05) is 38.1 Å². The molecule has 2 fully saturated rings. The molecule has 2 aromatic rings. The van der Waals surface area contributed by atoms with Gasteiger partial charge in [0.2, 0.25) is 0 Å². The van der Waals surface area contributed by atoms with Gasteiger partial charge in [-0.25, -0.2) is 4.39 Å². The van der Waals surface area contributed by atoms with Crippen LogP contribution in [-0.4, -0.2) is 60.9 Å². The number of furan rings is 1. The summed E-state index contributed by atoms with van der Waals surface area (Å²) < 4.78 is 18.6. The van der Waals surface area contributed by atoms with Crippen molar-refractivity contribution >= 4 is 35.8 Å². The van der Waals surface area contributed by atoms with Crippen LogP contribution in [0.3, 0.4) is 0 Å². The number of hydrogen-bond acceptors (Lipinski definition) is 3. The summed E-state index contributed by atoms with van der Waals surface area (Å²) in [4.78, 5) is 21.5. The van der Waals surface area contributed by atoms with E-state index in [1.54, 1.807) is 24.3 Å². The highest BCUT2D eigenvalue weighted by Crippen LogP contribution is 2.44. The van der Waals surface area contributed by atoms with E-state index >= 15 is 0 Å². The number of benzene rings is 1. The van der Waals surface area contributed by atoms with Gasteiger partial charge in [-0.2, -0.15) is 0 Å². The van der Waals surface area contributed by atoms with Crippen molar-refractivity contribution in [2.24, 2.45) is 4.99 Å². The lowest BCUT2D eigenvalue weighted by atomic mass is 9.64. The Kier molecular flexibility index (Phi) is 7.96. The summed E-state index contributed by atoms with van der Waals surface area (Å²) in [5.41, 5.74) is 1.18. The fraction of sp³-hybridized carbons (Fsp3) is 0.478. The van der Waals surface area contributed by atoms with E-state index in [9.17, 15) is 9.18 Å². The van der Waals surface area contributed by atoms with E-state index in [4.69, 9.17) is 9.41 Å². The maximum atomic E-state index is 13.4. The zero-order chi connectivity index (χ0) is 21.0. The molecule has 4 rings (SSSR count). The molecular formula is C23H30FIN4O2. The Bertz CT molecular complexity index is 873. The predicted molar refractivity (Wildman–Crippen MR) is 130 cm³/mol. The highest BCUT2D eigenvalue weighted by Gasteiger charge is 2.38. The number of rotatable bonds is 5. The molecule has 1 saturated carbocycles. The molecule has 2 heterocycles. The Hall–Kier alpha value is -2.10. The van der Waals surface area contributed by atoms with Crippen LogP contribution in [0.25, 0.3) is 0 Å². The quantitative estimate of drug-likeness (QED) is 0.356. The van der Waals surface area contributed by atoms with E-state index in [0.717, 1.165) is 38.4 Å². The predicted octanol–water partition coefficient (Wildman–Crippen LogP) is 3.88. The normalized spacial score (nSPS) is 18.2. The average molecular weight is 540 g/mol. The van der Waals surface area contributed by atoms with Crippen LogP contribution in [0.15, 0.2) is 52.1 Å². The number of halogens is 2. The highest BCUT2D eigenvalue weighted by atomic mass is 127. The monoisotopic (exact) mass is 540 g/mol. The SMILES string of the molecule is CCNC(=NCC1(c2ccc(F)cc2)CCC1)N1CCN(C(=O)c2ccco2)CC1.I. The van der Waals surface area contributed by atoms with Crippen molar-refractivity contribution < 1.29 is 13.6 Å². The van der Waals surface area contributed by atoms with Crippen LogP contribution < -0.4 is 5.32 Å². The molecule has 6 nitrogen and oxygen atoms in total. The van der Waals surface area contributed by atoms with Crippen LogP contribution in [-0.2, 0) is 5.41 Å². The Morgan fingerprint density at radius 2 is 1.81 bits per heavy atom. The van der Waals surface area contributed by atoms with Crippen molar-refractivity contribution in [3.63, 3.8) is 0 Å². The van der Waals surface area contributed by atoms with Gasteiger partial charge in [-0.15, -0.1) is 24.0 Å². The van der Waals surface area contributed by atoms with Gasteiger partial charge in [-0.3, -0.25) is 9.79 Å². The number of guanidine groups is 1. The minimum absolute atomic E-state index is 0. The standard InChI is InChI=1S/C23H29FN4O2.HI/c1-2-25-22(26-17-23(10-4-11-23)18-6-8-19(24)9-7-18)28-14-12-27(13-15-28)21(29)20-5-3-16-30-20;/h3,5-9,16H,2,4,10-15,17H2,1H3,(H,25,26);1H. The Balaban J connectivity index is 0.00000272. The zero-order valence-corrected chi connectivity index (χ0v) is 20.2. The van der Waals surface area contributed by atoms with Crippen LogP contribution in [0, 0.1) is 5.82 Å². The van der Waals surface area contributed by atoms with Gasteiger partial charge in [0.25, 0.3) is 5.91 Å². The molecule has 1 aromatic heterocycles. The number of carbonyl (C=O) groups excluding carboxylic acids is 1. The molecular weight excluding hydrogens is 510 g/mol. The van der Waals surface area contributed by atoms with Crippen LogP contribution in [0.5, 0.6) is 0 Å². The maximum Gasteiger partial charge on any atom is 0.289 e. The maximum absolute atomic E-state index is 13.4. The summed E-state index contributed by atoms with van der Waals surface area (Å²) in [6, 6.07) is 10.3. The second-order valence-corrected chi connectivity index (χ2v) is 8.07. The van der Waals surface area contributed by atoms with E-state index in [1.165, 1.54) is 18.2 Å². The molecule has 1 aromatic carbocycles. The first-order chi connectivity index (χ1) is 14.6. The summed E-state index contributed by atoms with van der Waals surface area (Å²) in [6.45, 7) is 6.25. The van der Waals surface area contributed by atoms with E-state index in [0.29, 0.717) is 25.4 Å². The molecule has 0 radical (unpaired) electrons. The van der Waals surface area contributed by atoms with E-state index in [1.807, 2.05) is 17.0 Å². The first-order valence-electron chi connectivity index (χ1n) is 10.7. The fourth-order valence-electron chi connectivity index (χ4n) is 4.27.